The van der Waals surface area contributed by atoms with E-state index in [-0.39, 0.29) is 5.82 Å². The Hall–Kier alpha value is -3.61. The van der Waals surface area contributed by atoms with Gasteiger partial charge in [0.25, 0.3) is 0 Å². The number of aromatic amines is 1. The number of rotatable bonds is 5. The van der Waals surface area contributed by atoms with E-state index in [9.17, 15) is 4.39 Å². The van der Waals surface area contributed by atoms with Crippen LogP contribution in [-0.2, 0) is 11.3 Å². The van der Waals surface area contributed by atoms with Gasteiger partial charge in [-0.1, -0.05) is 12.1 Å². The zero-order valence-electron chi connectivity index (χ0n) is 15.6. The fraction of sp³-hybridized carbons (Fsp3) is 0.0556. The molecule has 0 fully saturated rings. The van der Waals surface area contributed by atoms with Crippen LogP contribution in [0.5, 0.6) is 5.75 Å². The van der Waals surface area contributed by atoms with Crippen LogP contribution < -0.4 is 20.5 Å². The number of nitrogens with two attached hydrogens (primary N) is 1. The lowest BCUT2D eigenvalue weighted by molar-refractivity contribution is 0.415. The second-order valence-electron chi connectivity index (χ2n) is 5.74. The van der Waals surface area contributed by atoms with Crippen molar-refractivity contribution in [2.75, 3.05) is 17.7 Å². The van der Waals surface area contributed by atoms with Crippen LogP contribution in [0.4, 0.5) is 27.7 Å². The van der Waals surface area contributed by atoms with Gasteiger partial charge in [0.2, 0.25) is 5.95 Å². The summed E-state index contributed by atoms with van der Waals surface area (Å²) in [4.78, 5) is 8.61. The summed E-state index contributed by atoms with van der Waals surface area (Å²) in [5.74, 6) is 1.81. The molecular formula is C18H17FN7O3S-. The van der Waals surface area contributed by atoms with Gasteiger partial charge in [0.05, 0.1) is 7.11 Å². The summed E-state index contributed by atoms with van der Waals surface area (Å²) in [6.45, 7) is 0. The fourth-order valence-corrected chi connectivity index (χ4v) is 2.54. The van der Waals surface area contributed by atoms with Gasteiger partial charge in [0, 0.05) is 34.6 Å². The summed E-state index contributed by atoms with van der Waals surface area (Å²) in [7, 11) is 1.61. The molecule has 0 aliphatic rings. The Kier molecular flexibility index (Phi) is 6.85. The first-order chi connectivity index (χ1) is 14.5. The minimum atomic E-state index is -2.36. The second-order valence-corrected chi connectivity index (χ2v) is 6.26. The van der Waals surface area contributed by atoms with Crippen molar-refractivity contribution in [2.45, 2.75) is 0 Å². The van der Waals surface area contributed by atoms with Crippen molar-refractivity contribution in [3.63, 3.8) is 0 Å². The van der Waals surface area contributed by atoms with Gasteiger partial charge in [0.15, 0.2) is 5.82 Å². The summed E-state index contributed by atoms with van der Waals surface area (Å²) in [6.07, 6.45) is 1.62. The van der Waals surface area contributed by atoms with Gasteiger partial charge in [-0.2, -0.15) is 10.1 Å². The van der Waals surface area contributed by atoms with Crippen molar-refractivity contribution in [3.05, 3.63) is 60.5 Å². The molecule has 0 radical (unpaired) electrons. The zero-order chi connectivity index (χ0) is 21.5. The lowest BCUT2D eigenvalue weighted by Crippen LogP contribution is -2.01. The van der Waals surface area contributed by atoms with Gasteiger partial charge < -0.3 is 19.9 Å². The number of anilines is 4. The molecule has 5 N–H and O–H groups in total. The molecule has 2 aromatic heterocycles. The molecule has 0 saturated carbocycles. The molecule has 4 rings (SSSR count). The van der Waals surface area contributed by atoms with E-state index in [1.165, 1.54) is 6.07 Å². The third kappa shape index (κ3) is 5.47. The number of nitrogens with zero attached hydrogens (tertiary/aromatic N) is 3. The minimum absolute atomic E-state index is 0.346. The van der Waals surface area contributed by atoms with Crippen LogP contribution in [0.3, 0.4) is 0 Å². The molecule has 0 spiro atoms. The maximum Gasteiger partial charge on any atom is 0.229 e. The van der Waals surface area contributed by atoms with E-state index in [1.54, 1.807) is 31.5 Å². The zero-order valence-corrected chi connectivity index (χ0v) is 16.4. The lowest BCUT2D eigenvalue weighted by atomic mass is 10.2. The Morgan fingerprint density at radius 1 is 1.20 bits per heavy atom. The first kappa shape index (κ1) is 21.1. The summed E-state index contributed by atoms with van der Waals surface area (Å²) < 4.78 is 36.5. The van der Waals surface area contributed by atoms with Crippen molar-refractivity contribution in [2.24, 2.45) is 5.14 Å². The molecule has 0 aliphatic carbocycles. The fourth-order valence-electron chi connectivity index (χ4n) is 2.54. The van der Waals surface area contributed by atoms with Gasteiger partial charge in [-0.3, -0.25) is 14.4 Å². The molecule has 4 aromatic rings. The van der Waals surface area contributed by atoms with Gasteiger partial charge in [-0.15, -0.1) is 0 Å². The number of halogens is 1. The van der Waals surface area contributed by atoms with E-state index in [2.05, 4.69) is 35.9 Å². The topological polar surface area (TPSA) is 154 Å². The third-order valence-electron chi connectivity index (χ3n) is 3.78. The number of para-hydroxylation sites is 1. The van der Waals surface area contributed by atoms with Crippen LogP contribution in [0.1, 0.15) is 0 Å². The standard InChI is InChI=1S/C18H15FN6O.H3NO2S/c1-26-12-5-2-4-11(10-12)21-18-20-9-8-15(23-18)22-17-13-6-3-7-14(19)16(13)24-25-17;1-4(2)3/h2-10H,1H3,(H3,20,21,22,23,24,25);1H2,(H,2,3)/p-1. The highest BCUT2D eigenvalue weighted by Gasteiger charge is 2.10. The Balaban J connectivity index is 0.000000589. The lowest BCUT2D eigenvalue weighted by Gasteiger charge is -2.08. The van der Waals surface area contributed by atoms with E-state index >= 15 is 0 Å². The SMILES string of the molecule is COc1cccc(Nc2nccc(Nc3n[nH]c4c(F)cccc34)n2)c1.NS(=O)[O-]. The maximum absolute atomic E-state index is 13.8. The van der Waals surface area contributed by atoms with Crippen molar-refractivity contribution in [3.8, 4) is 5.75 Å². The predicted octanol–water partition coefficient (Wildman–Crippen LogP) is 2.73. The smallest absolute Gasteiger partial charge is 0.229 e. The van der Waals surface area contributed by atoms with E-state index in [4.69, 9.17) is 13.5 Å². The summed E-state index contributed by atoms with van der Waals surface area (Å²) in [5, 5.41) is 17.7. The average Bonchev–Trinajstić information content (AvgIpc) is 3.12. The maximum atomic E-state index is 13.8. The summed E-state index contributed by atoms with van der Waals surface area (Å²) in [6, 6.07) is 13.9. The molecule has 156 valence electrons. The van der Waals surface area contributed by atoms with Gasteiger partial charge in [-0.05, 0) is 30.3 Å². The molecule has 30 heavy (non-hydrogen) atoms. The first-order valence-electron chi connectivity index (χ1n) is 8.43. The molecule has 1 atom stereocenters. The first-order valence-corrected chi connectivity index (χ1v) is 9.57. The van der Waals surface area contributed by atoms with Crippen molar-refractivity contribution in [1.82, 2.24) is 20.2 Å². The number of H-pyrrole nitrogens is 1. The number of hydrogen-bond acceptors (Lipinski definition) is 8. The van der Waals surface area contributed by atoms with Crippen LogP contribution >= 0.6 is 0 Å². The van der Waals surface area contributed by atoms with Crippen LogP contribution in [0, 0.1) is 5.82 Å². The molecule has 10 nitrogen and oxygen atoms in total. The van der Waals surface area contributed by atoms with Crippen molar-refractivity contribution < 1.29 is 17.9 Å². The Labute approximate surface area is 173 Å². The van der Waals surface area contributed by atoms with E-state index in [0.29, 0.717) is 28.5 Å². The highest BCUT2D eigenvalue weighted by atomic mass is 32.2. The Morgan fingerprint density at radius 3 is 2.73 bits per heavy atom. The number of nitrogens with one attached hydrogen (secondary N) is 3. The van der Waals surface area contributed by atoms with Crippen LogP contribution in [0.25, 0.3) is 10.9 Å². The number of hydrogen-bond donors (Lipinski definition) is 4. The van der Waals surface area contributed by atoms with E-state index in [1.807, 2.05) is 24.3 Å². The molecule has 0 aliphatic heterocycles. The number of fused-ring (bicyclic) bond motifs is 1. The number of aromatic nitrogens is 4. The third-order valence-corrected chi connectivity index (χ3v) is 3.78. The quantitative estimate of drug-likeness (QED) is 0.352. The summed E-state index contributed by atoms with van der Waals surface area (Å²) >= 11 is -2.36. The van der Waals surface area contributed by atoms with Crippen LogP contribution in [-0.4, -0.2) is 36.0 Å². The van der Waals surface area contributed by atoms with Crippen molar-refractivity contribution >= 4 is 45.4 Å². The molecule has 0 saturated heterocycles. The molecular weight excluding hydrogens is 413 g/mol. The van der Waals surface area contributed by atoms with Gasteiger partial charge in [-0.25, -0.2) is 9.37 Å². The Bertz CT molecular complexity index is 1170. The van der Waals surface area contributed by atoms with Crippen LogP contribution in [0.2, 0.25) is 0 Å². The highest BCUT2D eigenvalue weighted by Crippen LogP contribution is 2.25. The largest absolute Gasteiger partial charge is 0.760 e. The molecule has 2 heterocycles. The Morgan fingerprint density at radius 2 is 1.97 bits per heavy atom. The van der Waals surface area contributed by atoms with Crippen LogP contribution in [0.15, 0.2) is 54.7 Å². The molecule has 2 aromatic carbocycles. The van der Waals surface area contributed by atoms with Gasteiger partial charge >= 0.3 is 0 Å². The van der Waals surface area contributed by atoms with E-state index in [0.717, 1.165) is 11.4 Å². The van der Waals surface area contributed by atoms with Gasteiger partial charge in [0.1, 0.15) is 22.9 Å². The highest BCUT2D eigenvalue weighted by molar-refractivity contribution is 7.76. The second kappa shape index (κ2) is 9.73. The molecule has 12 heteroatoms. The number of methoxy groups -OCH3 is 1. The average molecular weight is 430 g/mol. The number of ether oxygens (including phenoxy) is 1. The van der Waals surface area contributed by atoms with E-state index < -0.39 is 11.3 Å². The molecule has 1 unspecified atom stereocenters. The molecule has 0 bridgehead atoms. The minimum Gasteiger partial charge on any atom is -0.760 e. The number of benzene rings is 2. The normalized spacial score (nSPS) is 11.3. The van der Waals surface area contributed by atoms with Crippen molar-refractivity contribution in [1.29, 1.82) is 0 Å². The molecule has 0 amide bonds. The monoisotopic (exact) mass is 430 g/mol. The summed E-state index contributed by atoms with van der Waals surface area (Å²) in [5.41, 5.74) is 1.15. The predicted molar refractivity (Wildman–Crippen MR) is 111 cm³/mol.